The number of carbonyl (C=O) groups is 2. The molecule has 2 atom stereocenters. The lowest BCUT2D eigenvalue weighted by atomic mass is 10.1. The molecule has 0 radical (unpaired) electrons. The van der Waals surface area contributed by atoms with Gasteiger partial charge in [-0.05, 0) is 60.5 Å². The minimum atomic E-state index is -0.995. The number of likely N-dealkylation sites (tertiary alicyclic amines) is 1. The molecule has 0 saturated carbocycles. The third-order valence-corrected chi connectivity index (χ3v) is 6.66. The molecule has 1 saturated heterocycles. The van der Waals surface area contributed by atoms with Gasteiger partial charge in [-0.15, -0.1) is 0 Å². The van der Waals surface area contributed by atoms with Gasteiger partial charge >= 0.3 is 6.09 Å². The number of hydrogen-bond donors (Lipinski definition) is 3. The van der Waals surface area contributed by atoms with Crippen molar-refractivity contribution >= 4 is 17.7 Å². The average Bonchev–Trinajstić information content (AvgIpc) is 3.42. The third kappa shape index (κ3) is 7.81. The molecule has 0 aromatic heterocycles. The summed E-state index contributed by atoms with van der Waals surface area (Å²) in [6, 6.07) is 23.0. The minimum Gasteiger partial charge on any atom is -0.493 e. The number of benzene rings is 3. The van der Waals surface area contributed by atoms with Crippen LogP contribution in [0.2, 0.25) is 0 Å². The standard InChI is InChI=1S/C30H36N4O4/c1-2-34-15-14-24(19-34)21-37-27-13-7-11-25(17-27)28(29(35)32-26-12-6-10-23(16-26)18-31)33-30(36)38-20-22-8-4-3-5-9-22/h3-13,16-17,24,28H,2,14-15,18-21,31H2,1H3,(H,32,35)(H,33,36)/t24-,28-/m0/s1. The quantitative estimate of drug-likeness (QED) is 0.347. The summed E-state index contributed by atoms with van der Waals surface area (Å²) in [5.74, 6) is 0.723. The van der Waals surface area contributed by atoms with Crippen LogP contribution in [0.4, 0.5) is 10.5 Å². The Hall–Kier alpha value is -3.88. The molecule has 1 heterocycles. The first-order valence-electron chi connectivity index (χ1n) is 13.1. The van der Waals surface area contributed by atoms with Crippen LogP contribution in [0.3, 0.4) is 0 Å². The zero-order chi connectivity index (χ0) is 26.7. The van der Waals surface area contributed by atoms with E-state index in [1.807, 2.05) is 60.7 Å². The molecule has 0 spiro atoms. The van der Waals surface area contributed by atoms with Gasteiger partial charge in [-0.2, -0.15) is 0 Å². The average molecular weight is 517 g/mol. The molecule has 1 aliphatic heterocycles. The summed E-state index contributed by atoms with van der Waals surface area (Å²) in [4.78, 5) is 28.6. The van der Waals surface area contributed by atoms with Crippen LogP contribution in [0.5, 0.6) is 5.75 Å². The molecular formula is C30H36N4O4. The summed E-state index contributed by atoms with van der Waals surface area (Å²) in [5.41, 5.74) is 8.68. The number of nitrogens with two attached hydrogens (primary N) is 1. The molecule has 38 heavy (non-hydrogen) atoms. The molecule has 200 valence electrons. The molecule has 3 aromatic carbocycles. The third-order valence-electron chi connectivity index (χ3n) is 6.66. The van der Waals surface area contributed by atoms with Gasteiger partial charge in [0.2, 0.25) is 0 Å². The van der Waals surface area contributed by atoms with E-state index >= 15 is 0 Å². The zero-order valence-corrected chi connectivity index (χ0v) is 21.8. The van der Waals surface area contributed by atoms with Crippen LogP contribution in [0.15, 0.2) is 78.9 Å². The summed E-state index contributed by atoms with van der Waals surface area (Å²) in [6.07, 6.45) is 0.413. The van der Waals surface area contributed by atoms with Crippen LogP contribution in [-0.4, -0.2) is 43.1 Å². The van der Waals surface area contributed by atoms with Gasteiger partial charge in [-0.3, -0.25) is 4.79 Å². The highest BCUT2D eigenvalue weighted by molar-refractivity contribution is 5.97. The van der Waals surface area contributed by atoms with Crippen LogP contribution in [0.25, 0.3) is 0 Å². The minimum absolute atomic E-state index is 0.0961. The van der Waals surface area contributed by atoms with Crippen molar-refractivity contribution < 1.29 is 19.1 Å². The highest BCUT2D eigenvalue weighted by Crippen LogP contribution is 2.24. The number of hydrogen-bond acceptors (Lipinski definition) is 6. The van der Waals surface area contributed by atoms with E-state index < -0.39 is 18.0 Å². The summed E-state index contributed by atoms with van der Waals surface area (Å²) >= 11 is 0. The van der Waals surface area contributed by atoms with Gasteiger partial charge in [-0.25, -0.2) is 4.79 Å². The van der Waals surface area contributed by atoms with Crippen molar-refractivity contribution in [1.82, 2.24) is 10.2 Å². The van der Waals surface area contributed by atoms with E-state index in [1.165, 1.54) is 0 Å². The Balaban J connectivity index is 1.47. The molecule has 8 nitrogen and oxygen atoms in total. The molecule has 3 aromatic rings. The zero-order valence-electron chi connectivity index (χ0n) is 21.8. The van der Waals surface area contributed by atoms with E-state index in [4.69, 9.17) is 15.2 Å². The van der Waals surface area contributed by atoms with Gasteiger partial charge in [0.05, 0.1) is 6.61 Å². The Bertz CT molecular complexity index is 1200. The van der Waals surface area contributed by atoms with Crippen molar-refractivity contribution in [2.75, 3.05) is 31.6 Å². The Morgan fingerprint density at radius 2 is 1.82 bits per heavy atom. The maximum absolute atomic E-state index is 13.4. The molecule has 0 bridgehead atoms. The highest BCUT2D eigenvalue weighted by Gasteiger charge is 2.25. The summed E-state index contributed by atoms with van der Waals surface area (Å²) in [6.45, 7) is 6.39. The number of rotatable bonds is 11. The fraction of sp³-hybridized carbons (Fsp3) is 0.333. The van der Waals surface area contributed by atoms with Crippen LogP contribution in [0, 0.1) is 5.92 Å². The molecule has 2 amide bonds. The van der Waals surface area contributed by atoms with E-state index in [0.29, 0.717) is 36.1 Å². The predicted octanol–water partition coefficient (Wildman–Crippen LogP) is 4.47. The van der Waals surface area contributed by atoms with Gasteiger partial charge in [0.25, 0.3) is 5.91 Å². The van der Waals surface area contributed by atoms with Crippen molar-refractivity contribution in [3.8, 4) is 5.75 Å². The number of nitrogens with one attached hydrogen (secondary N) is 2. The maximum Gasteiger partial charge on any atom is 0.408 e. The van der Waals surface area contributed by atoms with Crippen LogP contribution in [0.1, 0.15) is 36.1 Å². The smallest absolute Gasteiger partial charge is 0.408 e. The molecule has 4 N–H and O–H groups in total. The van der Waals surface area contributed by atoms with E-state index in [9.17, 15) is 9.59 Å². The van der Waals surface area contributed by atoms with Crippen molar-refractivity contribution in [1.29, 1.82) is 0 Å². The summed E-state index contributed by atoms with van der Waals surface area (Å²) in [7, 11) is 0. The van der Waals surface area contributed by atoms with Crippen molar-refractivity contribution in [3.63, 3.8) is 0 Å². The summed E-state index contributed by atoms with van der Waals surface area (Å²) in [5, 5.41) is 5.62. The van der Waals surface area contributed by atoms with E-state index in [1.54, 1.807) is 18.2 Å². The molecule has 1 aliphatic rings. The van der Waals surface area contributed by atoms with Gasteiger partial charge in [0.15, 0.2) is 0 Å². The first-order valence-corrected chi connectivity index (χ1v) is 13.1. The first-order chi connectivity index (χ1) is 18.5. The first kappa shape index (κ1) is 27.2. The van der Waals surface area contributed by atoms with Crippen LogP contribution < -0.4 is 21.1 Å². The largest absolute Gasteiger partial charge is 0.493 e. The second kappa shape index (κ2) is 13.6. The number of amides is 2. The van der Waals surface area contributed by atoms with Gasteiger partial charge in [-0.1, -0.05) is 61.5 Å². The van der Waals surface area contributed by atoms with E-state index in [-0.39, 0.29) is 6.61 Å². The van der Waals surface area contributed by atoms with Gasteiger partial charge < -0.3 is 30.7 Å². The van der Waals surface area contributed by atoms with Crippen molar-refractivity contribution in [3.05, 3.63) is 95.6 Å². The maximum atomic E-state index is 13.4. The van der Waals surface area contributed by atoms with Gasteiger partial charge in [0, 0.05) is 24.7 Å². The van der Waals surface area contributed by atoms with Crippen LogP contribution >= 0.6 is 0 Å². The lowest BCUT2D eigenvalue weighted by Crippen LogP contribution is -2.37. The number of nitrogens with zero attached hydrogens (tertiary/aromatic N) is 1. The van der Waals surface area contributed by atoms with E-state index in [2.05, 4.69) is 22.5 Å². The molecular weight excluding hydrogens is 480 g/mol. The fourth-order valence-corrected chi connectivity index (χ4v) is 4.51. The lowest BCUT2D eigenvalue weighted by Gasteiger charge is -2.20. The Morgan fingerprint density at radius 1 is 1.03 bits per heavy atom. The van der Waals surface area contributed by atoms with Crippen LogP contribution in [-0.2, 0) is 22.7 Å². The fourth-order valence-electron chi connectivity index (χ4n) is 4.51. The Kier molecular flexibility index (Phi) is 9.72. The number of anilines is 1. The van der Waals surface area contributed by atoms with Crippen molar-refractivity contribution in [2.45, 2.75) is 32.5 Å². The number of ether oxygens (including phenoxy) is 2. The number of alkyl carbamates (subject to hydrolysis) is 1. The Labute approximate surface area is 224 Å². The summed E-state index contributed by atoms with van der Waals surface area (Å²) < 4.78 is 11.5. The topological polar surface area (TPSA) is 106 Å². The molecule has 0 unspecified atom stereocenters. The second-order valence-corrected chi connectivity index (χ2v) is 9.46. The monoisotopic (exact) mass is 516 g/mol. The van der Waals surface area contributed by atoms with Gasteiger partial charge in [0.1, 0.15) is 18.4 Å². The Morgan fingerprint density at radius 3 is 2.58 bits per heavy atom. The predicted molar refractivity (Wildman–Crippen MR) is 148 cm³/mol. The highest BCUT2D eigenvalue weighted by atomic mass is 16.5. The molecule has 4 rings (SSSR count). The number of carbonyl (C=O) groups excluding carboxylic acids is 2. The SMILES string of the molecule is CCN1CC[C@H](COc2cccc([C@H](NC(=O)OCc3ccccc3)C(=O)Nc3cccc(CN)c3)c2)C1. The molecule has 0 aliphatic carbocycles. The second-order valence-electron chi connectivity index (χ2n) is 9.46. The molecule has 8 heteroatoms. The lowest BCUT2D eigenvalue weighted by molar-refractivity contribution is -0.118. The van der Waals surface area contributed by atoms with E-state index in [0.717, 1.165) is 37.2 Å². The normalized spacial score (nSPS) is 16.0. The molecule has 1 fully saturated rings. The van der Waals surface area contributed by atoms with Crippen molar-refractivity contribution in [2.24, 2.45) is 11.7 Å².